The number of hydrogen-bond donors (Lipinski definition) is 2. The minimum absolute atomic E-state index is 0.00500. The molecule has 0 radical (unpaired) electrons. The lowest BCUT2D eigenvalue weighted by molar-refractivity contribution is -0.108. The average Bonchev–Trinajstić information content (AvgIpc) is 3.27. The van der Waals surface area contributed by atoms with Crippen LogP contribution in [0.15, 0.2) is 49.3 Å². The largest absolute Gasteiger partial charge is 0.345 e. The molecule has 0 spiro atoms. The van der Waals surface area contributed by atoms with Crippen LogP contribution < -0.4 is 0 Å². The molecule has 0 saturated heterocycles. The van der Waals surface area contributed by atoms with Gasteiger partial charge in [-0.3, -0.25) is 4.79 Å². The van der Waals surface area contributed by atoms with Crippen molar-refractivity contribution in [3.05, 3.63) is 71.8 Å². The van der Waals surface area contributed by atoms with Gasteiger partial charge in [-0.1, -0.05) is 24.3 Å². The molecular weight excluding hydrogens is 276 g/mol. The molecule has 0 bridgehead atoms. The van der Waals surface area contributed by atoms with Gasteiger partial charge >= 0.3 is 0 Å². The summed E-state index contributed by atoms with van der Waals surface area (Å²) in [5.41, 5.74) is 4.83. The lowest BCUT2D eigenvalue weighted by atomic mass is 10.1. The Bertz CT molecular complexity index is 813. The van der Waals surface area contributed by atoms with Crippen LogP contribution in [-0.2, 0) is 4.79 Å². The van der Waals surface area contributed by atoms with Crippen LogP contribution in [-0.4, -0.2) is 25.7 Å². The quantitative estimate of drug-likeness (QED) is 0.712. The minimum atomic E-state index is 0.00500. The number of benzene rings is 1. The lowest BCUT2D eigenvalue weighted by Crippen LogP contribution is -1.94. The fourth-order valence-electron chi connectivity index (χ4n) is 2.63. The van der Waals surface area contributed by atoms with Crippen molar-refractivity contribution < 1.29 is 4.79 Å². The van der Waals surface area contributed by atoms with Gasteiger partial charge < -0.3 is 9.97 Å². The smallest absolute Gasteiger partial charge is 0.194 e. The van der Waals surface area contributed by atoms with Crippen LogP contribution in [0.1, 0.15) is 22.5 Å². The monoisotopic (exact) mass is 288 g/mol. The number of ketones is 1. The number of nitrogens with one attached hydrogen (secondary N) is 2. The highest BCUT2D eigenvalue weighted by molar-refractivity contribution is 6.51. The standard InChI is InChI=1S/C17H12N4O/c22-17-15(5-11-7-18-9-20-11)13-3-1-2-4-14(13)16(17)6-12-8-19-10-21-12/h1-10H,(H,18,20)(H,19,21)/b15-5-,16-6-. The van der Waals surface area contributed by atoms with Gasteiger partial charge in [-0.2, -0.15) is 0 Å². The third-order valence-electron chi connectivity index (χ3n) is 3.64. The molecule has 2 N–H and O–H groups in total. The van der Waals surface area contributed by atoms with E-state index in [1.807, 2.05) is 36.4 Å². The van der Waals surface area contributed by atoms with Gasteiger partial charge in [0.2, 0.25) is 0 Å². The maximum absolute atomic E-state index is 12.8. The topological polar surface area (TPSA) is 74.4 Å². The summed E-state index contributed by atoms with van der Waals surface area (Å²) in [5, 5.41) is 0. The predicted octanol–water partition coefficient (Wildman–Crippen LogP) is 2.80. The average molecular weight is 288 g/mol. The second-order valence-electron chi connectivity index (χ2n) is 5.00. The molecule has 1 aromatic carbocycles. The zero-order chi connectivity index (χ0) is 14.9. The highest BCUT2D eigenvalue weighted by atomic mass is 16.1. The van der Waals surface area contributed by atoms with E-state index in [1.54, 1.807) is 25.0 Å². The summed E-state index contributed by atoms with van der Waals surface area (Å²) < 4.78 is 0. The van der Waals surface area contributed by atoms with Crippen LogP contribution in [0.3, 0.4) is 0 Å². The van der Waals surface area contributed by atoms with Gasteiger partial charge in [-0.15, -0.1) is 0 Å². The Kier molecular flexibility index (Phi) is 2.83. The highest BCUT2D eigenvalue weighted by Gasteiger charge is 2.29. The number of nitrogens with zero attached hydrogens (tertiary/aromatic N) is 2. The molecule has 2 heterocycles. The molecule has 0 unspecified atom stereocenters. The molecule has 22 heavy (non-hydrogen) atoms. The summed E-state index contributed by atoms with van der Waals surface area (Å²) in [4.78, 5) is 26.8. The van der Waals surface area contributed by atoms with Crippen LogP contribution >= 0.6 is 0 Å². The van der Waals surface area contributed by atoms with Crippen LogP contribution in [0.2, 0.25) is 0 Å². The SMILES string of the molecule is O=C1/C(=C\c2cnc[nH]2)c2ccccc2/C1=C/c1cnc[nH]1. The number of rotatable bonds is 2. The van der Waals surface area contributed by atoms with Gasteiger partial charge in [0.25, 0.3) is 0 Å². The maximum atomic E-state index is 12.8. The number of allylic oxidation sites excluding steroid dienone is 2. The normalized spacial score (nSPS) is 17.4. The lowest BCUT2D eigenvalue weighted by Gasteiger charge is -1.97. The molecule has 5 nitrogen and oxygen atoms in total. The fourth-order valence-corrected chi connectivity index (χ4v) is 2.63. The first kappa shape index (κ1) is 12.5. The van der Waals surface area contributed by atoms with E-state index in [9.17, 15) is 4.79 Å². The molecule has 0 aliphatic heterocycles. The summed E-state index contributed by atoms with van der Waals surface area (Å²) in [5.74, 6) is 0.00500. The number of carbonyl (C=O) groups excluding carboxylic acids is 1. The van der Waals surface area contributed by atoms with Crippen LogP contribution in [0, 0.1) is 0 Å². The third-order valence-corrected chi connectivity index (χ3v) is 3.64. The number of carbonyl (C=O) groups is 1. The second kappa shape index (κ2) is 4.96. The number of imidazole rings is 2. The maximum Gasteiger partial charge on any atom is 0.194 e. The molecule has 1 aliphatic rings. The van der Waals surface area contributed by atoms with E-state index in [0.717, 1.165) is 22.5 Å². The summed E-state index contributed by atoms with van der Waals surface area (Å²) >= 11 is 0. The van der Waals surface area contributed by atoms with Gasteiger partial charge in [0.15, 0.2) is 5.78 Å². The van der Waals surface area contributed by atoms with Crippen molar-refractivity contribution in [3.8, 4) is 0 Å². The number of hydrogen-bond acceptors (Lipinski definition) is 3. The third kappa shape index (κ3) is 2.00. The van der Waals surface area contributed by atoms with E-state index < -0.39 is 0 Å². The number of aromatic nitrogens is 4. The van der Waals surface area contributed by atoms with Gasteiger partial charge in [-0.05, 0) is 23.3 Å². The van der Waals surface area contributed by atoms with E-state index in [2.05, 4.69) is 19.9 Å². The number of aromatic amines is 2. The first-order valence-corrected chi connectivity index (χ1v) is 6.87. The Morgan fingerprint density at radius 3 is 1.73 bits per heavy atom. The summed E-state index contributed by atoms with van der Waals surface area (Å²) in [6.07, 6.45) is 10.3. The Labute approximate surface area is 126 Å². The number of fused-ring (bicyclic) bond motifs is 1. The van der Waals surface area contributed by atoms with Crippen LogP contribution in [0.5, 0.6) is 0 Å². The zero-order valence-corrected chi connectivity index (χ0v) is 11.6. The van der Waals surface area contributed by atoms with Crippen molar-refractivity contribution in [2.24, 2.45) is 0 Å². The summed E-state index contributed by atoms with van der Waals surface area (Å²) in [6, 6.07) is 7.80. The number of H-pyrrole nitrogens is 2. The molecule has 0 fully saturated rings. The molecule has 106 valence electrons. The minimum Gasteiger partial charge on any atom is -0.345 e. The Morgan fingerprint density at radius 1 is 0.818 bits per heavy atom. The molecule has 4 rings (SSSR count). The molecule has 0 saturated carbocycles. The Morgan fingerprint density at radius 2 is 1.32 bits per heavy atom. The van der Waals surface area contributed by atoms with E-state index >= 15 is 0 Å². The fraction of sp³-hybridized carbons (Fsp3) is 0. The Balaban J connectivity index is 1.89. The van der Waals surface area contributed by atoms with Crippen molar-refractivity contribution in [2.45, 2.75) is 0 Å². The molecule has 5 heteroatoms. The molecule has 2 aromatic heterocycles. The van der Waals surface area contributed by atoms with Crippen molar-refractivity contribution in [2.75, 3.05) is 0 Å². The van der Waals surface area contributed by atoms with E-state index in [1.165, 1.54) is 0 Å². The van der Waals surface area contributed by atoms with Gasteiger partial charge in [0.1, 0.15) is 0 Å². The van der Waals surface area contributed by atoms with Crippen molar-refractivity contribution in [3.63, 3.8) is 0 Å². The van der Waals surface area contributed by atoms with Crippen molar-refractivity contribution >= 4 is 29.1 Å². The molecule has 1 aliphatic carbocycles. The van der Waals surface area contributed by atoms with E-state index in [4.69, 9.17) is 0 Å². The van der Waals surface area contributed by atoms with Gasteiger partial charge in [-0.25, -0.2) is 9.97 Å². The van der Waals surface area contributed by atoms with Crippen LogP contribution in [0.4, 0.5) is 0 Å². The summed E-state index contributed by atoms with van der Waals surface area (Å²) in [7, 11) is 0. The van der Waals surface area contributed by atoms with E-state index in [-0.39, 0.29) is 5.78 Å². The molecular formula is C17H12N4O. The molecule has 3 aromatic rings. The number of Topliss-reactive ketones (excluding diaryl/α,β-unsaturated/α-hetero) is 1. The van der Waals surface area contributed by atoms with Crippen LogP contribution in [0.25, 0.3) is 23.3 Å². The molecule has 0 amide bonds. The van der Waals surface area contributed by atoms with Gasteiger partial charge in [0.05, 0.1) is 36.4 Å². The first-order valence-electron chi connectivity index (χ1n) is 6.87. The Hall–Kier alpha value is -3.21. The van der Waals surface area contributed by atoms with E-state index in [0.29, 0.717) is 11.1 Å². The second-order valence-corrected chi connectivity index (χ2v) is 5.00. The first-order chi connectivity index (χ1) is 10.8. The zero-order valence-electron chi connectivity index (χ0n) is 11.6. The summed E-state index contributed by atoms with van der Waals surface area (Å²) in [6.45, 7) is 0. The van der Waals surface area contributed by atoms with Crippen molar-refractivity contribution in [1.29, 1.82) is 0 Å². The molecule has 0 atom stereocenters. The predicted molar refractivity (Wildman–Crippen MR) is 84.4 cm³/mol. The van der Waals surface area contributed by atoms with Gasteiger partial charge in [0, 0.05) is 11.1 Å². The highest BCUT2D eigenvalue weighted by Crippen LogP contribution is 2.39. The van der Waals surface area contributed by atoms with Crippen molar-refractivity contribution in [1.82, 2.24) is 19.9 Å².